The molecule has 2 aromatic carbocycles. The van der Waals surface area contributed by atoms with Crippen molar-refractivity contribution in [3.05, 3.63) is 64.7 Å². The number of hydrogen-bond donors (Lipinski definition) is 1. The van der Waals surface area contributed by atoms with E-state index < -0.39 is 21.6 Å². The highest BCUT2D eigenvalue weighted by atomic mass is 32.2. The summed E-state index contributed by atoms with van der Waals surface area (Å²) >= 11 is 0. The first-order valence-corrected chi connectivity index (χ1v) is 12.5. The predicted molar refractivity (Wildman–Crippen MR) is 128 cm³/mol. The Hall–Kier alpha value is -3.37. The van der Waals surface area contributed by atoms with Gasteiger partial charge in [-0.1, -0.05) is 6.42 Å². The van der Waals surface area contributed by atoms with E-state index in [1.807, 2.05) is 6.92 Å². The first-order valence-electron chi connectivity index (χ1n) is 11.1. The Bertz CT molecular complexity index is 1410. The van der Waals surface area contributed by atoms with Crippen molar-refractivity contribution in [2.45, 2.75) is 50.6 Å². The molecule has 10 heteroatoms. The molecule has 1 saturated heterocycles. The summed E-state index contributed by atoms with van der Waals surface area (Å²) in [6, 6.07) is 10.9. The van der Waals surface area contributed by atoms with Crippen molar-refractivity contribution in [1.29, 1.82) is 0 Å². The van der Waals surface area contributed by atoms with Crippen LogP contribution >= 0.6 is 0 Å². The van der Waals surface area contributed by atoms with Crippen LogP contribution in [0.3, 0.4) is 0 Å². The lowest BCUT2D eigenvalue weighted by molar-refractivity contribution is -0.116. The Balaban J connectivity index is 1.60. The topological polar surface area (TPSA) is 118 Å². The lowest BCUT2D eigenvalue weighted by Gasteiger charge is -2.32. The minimum Gasteiger partial charge on any atom is -0.325 e. The molecule has 1 N–H and O–H groups in total. The van der Waals surface area contributed by atoms with Crippen molar-refractivity contribution < 1.29 is 18.0 Å². The van der Waals surface area contributed by atoms with Gasteiger partial charge in [0.2, 0.25) is 15.9 Å². The SMILES string of the molecule is CC(=O)c1ccc(NC(=O)Cn2c(=O)ncc3cc(S(=O)(=O)N4CCCC[C@@H]4C)ccc32)cc1. The van der Waals surface area contributed by atoms with Crippen molar-refractivity contribution in [2.75, 3.05) is 11.9 Å². The molecule has 0 saturated carbocycles. The summed E-state index contributed by atoms with van der Waals surface area (Å²) < 4.78 is 29.1. The van der Waals surface area contributed by atoms with E-state index in [0.29, 0.717) is 28.7 Å². The molecule has 178 valence electrons. The maximum atomic E-state index is 13.2. The number of sulfonamides is 1. The molecular formula is C24H26N4O5S. The lowest BCUT2D eigenvalue weighted by Crippen LogP contribution is -2.41. The minimum atomic E-state index is -3.68. The summed E-state index contributed by atoms with van der Waals surface area (Å²) in [4.78, 5) is 40.4. The molecule has 0 spiro atoms. The summed E-state index contributed by atoms with van der Waals surface area (Å²) in [5.41, 5.74) is 0.806. The van der Waals surface area contributed by atoms with E-state index >= 15 is 0 Å². The third-order valence-corrected chi connectivity index (χ3v) is 8.07. The fourth-order valence-electron chi connectivity index (χ4n) is 4.19. The predicted octanol–water partition coefficient (Wildman–Crippen LogP) is 2.80. The maximum absolute atomic E-state index is 13.2. The second-order valence-corrected chi connectivity index (χ2v) is 10.4. The molecule has 2 heterocycles. The van der Waals surface area contributed by atoms with E-state index in [9.17, 15) is 22.8 Å². The average Bonchev–Trinajstić information content (AvgIpc) is 2.81. The van der Waals surface area contributed by atoms with Crippen molar-refractivity contribution in [2.24, 2.45) is 0 Å². The van der Waals surface area contributed by atoms with Gasteiger partial charge in [0.1, 0.15) is 6.54 Å². The minimum absolute atomic E-state index is 0.0743. The summed E-state index contributed by atoms with van der Waals surface area (Å²) in [6.45, 7) is 3.54. The van der Waals surface area contributed by atoms with Crippen LogP contribution in [0.5, 0.6) is 0 Å². The van der Waals surface area contributed by atoms with E-state index in [-0.39, 0.29) is 23.3 Å². The summed E-state index contributed by atoms with van der Waals surface area (Å²) in [5, 5.41) is 3.14. The number of rotatable bonds is 6. The molecule has 1 fully saturated rings. The van der Waals surface area contributed by atoms with Gasteiger partial charge in [0.25, 0.3) is 0 Å². The van der Waals surface area contributed by atoms with Crippen molar-refractivity contribution in [3.63, 3.8) is 0 Å². The van der Waals surface area contributed by atoms with Gasteiger partial charge in [-0.05, 0) is 69.2 Å². The summed E-state index contributed by atoms with van der Waals surface area (Å²) in [7, 11) is -3.68. The number of ketones is 1. The molecule has 0 unspecified atom stereocenters. The van der Waals surface area contributed by atoms with Crippen LogP contribution < -0.4 is 11.0 Å². The van der Waals surface area contributed by atoms with E-state index in [2.05, 4.69) is 10.3 Å². The van der Waals surface area contributed by atoms with E-state index in [4.69, 9.17) is 0 Å². The molecule has 9 nitrogen and oxygen atoms in total. The van der Waals surface area contributed by atoms with Gasteiger partial charge in [-0.25, -0.2) is 18.2 Å². The van der Waals surface area contributed by atoms with Crippen LogP contribution in [0.1, 0.15) is 43.5 Å². The molecule has 1 aliphatic heterocycles. The number of nitrogens with zero attached hydrogens (tertiary/aromatic N) is 3. The Morgan fingerprint density at radius 3 is 2.53 bits per heavy atom. The Labute approximate surface area is 197 Å². The molecule has 0 radical (unpaired) electrons. The fourth-order valence-corrected chi connectivity index (χ4v) is 5.92. The Morgan fingerprint density at radius 1 is 1.12 bits per heavy atom. The number of amides is 1. The number of Topliss-reactive ketones (excluding diaryl/α,β-unsaturated/α-hetero) is 1. The maximum Gasteiger partial charge on any atom is 0.348 e. The molecule has 1 aromatic heterocycles. The first kappa shape index (κ1) is 23.8. The molecule has 1 atom stereocenters. The van der Waals surface area contributed by atoms with Crippen LogP contribution in [0.15, 0.2) is 58.4 Å². The molecular weight excluding hydrogens is 456 g/mol. The standard InChI is InChI=1S/C24H26N4O5S/c1-16-5-3-4-12-28(16)34(32,33)21-10-11-22-19(13-21)14-25-24(31)27(22)15-23(30)26-20-8-6-18(7-9-20)17(2)29/h6-11,13-14,16H,3-5,12,15H2,1-2H3,(H,26,30)/t16-/m0/s1. The van der Waals surface area contributed by atoms with Crippen LogP contribution in [0, 0.1) is 0 Å². The van der Waals surface area contributed by atoms with Gasteiger partial charge < -0.3 is 5.32 Å². The molecule has 0 bridgehead atoms. The molecule has 0 aliphatic carbocycles. The first-order chi connectivity index (χ1) is 16.2. The van der Waals surface area contributed by atoms with Crippen molar-refractivity contribution in [3.8, 4) is 0 Å². The molecule has 34 heavy (non-hydrogen) atoms. The van der Waals surface area contributed by atoms with Crippen molar-refractivity contribution in [1.82, 2.24) is 13.9 Å². The summed E-state index contributed by atoms with van der Waals surface area (Å²) in [5.74, 6) is -0.534. The highest BCUT2D eigenvalue weighted by Gasteiger charge is 2.31. The fraction of sp³-hybridized carbons (Fsp3) is 0.333. The molecule has 3 aromatic rings. The molecule has 4 rings (SSSR count). The van der Waals surface area contributed by atoms with Gasteiger partial charge in [0, 0.05) is 35.4 Å². The van der Waals surface area contributed by atoms with Gasteiger partial charge in [-0.3, -0.25) is 14.2 Å². The number of anilines is 1. The van der Waals surface area contributed by atoms with Gasteiger partial charge in [0.05, 0.1) is 10.4 Å². The number of piperidine rings is 1. The third-order valence-electron chi connectivity index (χ3n) is 6.06. The van der Waals surface area contributed by atoms with Crippen LogP contribution in [0.4, 0.5) is 5.69 Å². The van der Waals surface area contributed by atoms with Crippen LogP contribution in [0.2, 0.25) is 0 Å². The zero-order chi connectivity index (χ0) is 24.5. The van der Waals surface area contributed by atoms with Gasteiger partial charge in [-0.2, -0.15) is 4.31 Å². The number of hydrogen-bond acceptors (Lipinski definition) is 6. The highest BCUT2D eigenvalue weighted by Crippen LogP contribution is 2.27. The zero-order valence-electron chi connectivity index (χ0n) is 19.0. The zero-order valence-corrected chi connectivity index (χ0v) is 19.8. The average molecular weight is 483 g/mol. The van der Waals surface area contributed by atoms with E-state index in [1.165, 1.54) is 40.2 Å². The number of aromatic nitrogens is 2. The number of benzene rings is 2. The monoisotopic (exact) mass is 482 g/mol. The second-order valence-electron chi connectivity index (χ2n) is 8.49. The second kappa shape index (κ2) is 9.47. The largest absolute Gasteiger partial charge is 0.348 e. The number of nitrogens with one attached hydrogen (secondary N) is 1. The molecule has 1 aliphatic rings. The van der Waals surface area contributed by atoms with Crippen LogP contribution in [0.25, 0.3) is 10.9 Å². The number of carbonyl (C=O) groups is 2. The quantitative estimate of drug-likeness (QED) is 0.540. The lowest BCUT2D eigenvalue weighted by atomic mass is 10.1. The van der Waals surface area contributed by atoms with E-state index in [0.717, 1.165) is 19.3 Å². The molecule has 1 amide bonds. The van der Waals surface area contributed by atoms with Gasteiger partial charge in [0.15, 0.2) is 5.78 Å². The van der Waals surface area contributed by atoms with E-state index in [1.54, 1.807) is 24.3 Å². The van der Waals surface area contributed by atoms with Crippen LogP contribution in [-0.4, -0.2) is 46.6 Å². The Morgan fingerprint density at radius 2 is 1.85 bits per heavy atom. The van der Waals surface area contributed by atoms with Gasteiger partial charge >= 0.3 is 5.69 Å². The number of carbonyl (C=O) groups excluding carboxylic acids is 2. The Kier molecular flexibility index (Phi) is 6.63. The van der Waals surface area contributed by atoms with Crippen LogP contribution in [-0.2, 0) is 21.4 Å². The number of fused-ring (bicyclic) bond motifs is 1. The normalized spacial score (nSPS) is 16.9. The smallest absolute Gasteiger partial charge is 0.325 e. The van der Waals surface area contributed by atoms with Crippen molar-refractivity contribution >= 4 is 38.3 Å². The third kappa shape index (κ3) is 4.78. The van der Waals surface area contributed by atoms with Gasteiger partial charge in [-0.15, -0.1) is 0 Å². The summed E-state index contributed by atoms with van der Waals surface area (Å²) in [6.07, 6.45) is 3.97. The highest BCUT2D eigenvalue weighted by molar-refractivity contribution is 7.89.